The number of nitrogens with zero attached hydrogens (tertiary/aromatic N) is 3. The van der Waals surface area contributed by atoms with Gasteiger partial charge in [-0.25, -0.2) is 9.50 Å². The van der Waals surface area contributed by atoms with Crippen molar-refractivity contribution >= 4 is 17.2 Å². The molecule has 0 saturated carbocycles. The van der Waals surface area contributed by atoms with E-state index in [-0.39, 0.29) is 0 Å². The van der Waals surface area contributed by atoms with Crippen molar-refractivity contribution in [1.82, 2.24) is 14.6 Å². The largest absolute Gasteiger partial charge is 0.378 e. The molecule has 1 aliphatic rings. The predicted octanol–water partition coefficient (Wildman–Crippen LogP) is 4.47. The molecule has 4 rings (SSSR count). The first-order valence-electron chi connectivity index (χ1n) is 8.41. The minimum Gasteiger partial charge on any atom is -0.378 e. The summed E-state index contributed by atoms with van der Waals surface area (Å²) in [6.45, 7) is 0.468. The van der Waals surface area contributed by atoms with Gasteiger partial charge in [-0.05, 0) is 48.9 Å². The molecule has 124 valence electrons. The van der Waals surface area contributed by atoms with E-state index in [1.54, 1.807) is 7.11 Å². The van der Waals surface area contributed by atoms with E-state index < -0.39 is 0 Å². The molecule has 0 unspecified atom stereocenters. The molecule has 1 aliphatic carbocycles. The van der Waals surface area contributed by atoms with E-state index in [9.17, 15) is 0 Å². The van der Waals surface area contributed by atoms with E-state index in [2.05, 4.69) is 0 Å². The number of aromatic nitrogens is 3. The third-order valence-corrected chi connectivity index (χ3v) is 4.93. The monoisotopic (exact) mass is 341 g/mol. The van der Waals surface area contributed by atoms with E-state index >= 15 is 0 Å². The number of aryl methyl sites for hydroxylation is 2. The SMILES string of the molecule is COCc1nn2c3c(cnc2c1-c1ccc(Cl)cc1)CCCCC3. The van der Waals surface area contributed by atoms with Crippen molar-refractivity contribution < 1.29 is 4.74 Å². The van der Waals surface area contributed by atoms with E-state index in [4.69, 9.17) is 26.4 Å². The van der Waals surface area contributed by atoms with Crippen LogP contribution in [-0.2, 0) is 24.2 Å². The smallest absolute Gasteiger partial charge is 0.163 e. The Bertz CT molecular complexity index is 870. The molecule has 0 atom stereocenters. The molecule has 1 aromatic carbocycles. The highest BCUT2D eigenvalue weighted by atomic mass is 35.5. The third-order valence-electron chi connectivity index (χ3n) is 4.68. The molecule has 2 aromatic heterocycles. The van der Waals surface area contributed by atoms with Gasteiger partial charge in [0.25, 0.3) is 0 Å². The Labute approximate surface area is 146 Å². The average Bonchev–Trinajstić information content (AvgIpc) is 2.78. The number of halogens is 1. The summed E-state index contributed by atoms with van der Waals surface area (Å²) in [5.74, 6) is 0. The Morgan fingerprint density at radius 1 is 1.12 bits per heavy atom. The Hall–Kier alpha value is -1.91. The molecule has 24 heavy (non-hydrogen) atoms. The number of methoxy groups -OCH3 is 1. The zero-order valence-corrected chi connectivity index (χ0v) is 14.5. The molecule has 0 radical (unpaired) electrons. The van der Waals surface area contributed by atoms with Crippen molar-refractivity contribution in [3.05, 3.63) is 52.4 Å². The van der Waals surface area contributed by atoms with Crippen molar-refractivity contribution in [3.63, 3.8) is 0 Å². The van der Waals surface area contributed by atoms with Crippen molar-refractivity contribution in [3.8, 4) is 11.1 Å². The molecule has 0 N–H and O–H groups in total. The number of hydrogen-bond acceptors (Lipinski definition) is 3. The molecule has 0 spiro atoms. The number of ether oxygens (including phenoxy) is 1. The van der Waals surface area contributed by atoms with Gasteiger partial charge in [0.15, 0.2) is 5.65 Å². The molecule has 2 heterocycles. The summed E-state index contributed by atoms with van der Waals surface area (Å²) in [5.41, 5.74) is 6.57. The van der Waals surface area contributed by atoms with Crippen LogP contribution in [0.1, 0.15) is 36.2 Å². The second-order valence-corrected chi connectivity index (χ2v) is 6.72. The molecule has 4 nitrogen and oxygen atoms in total. The van der Waals surface area contributed by atoms with Crippen molar-refractivity contribution in [2.24, 2.45) is 0 Å². The van der Waals surface area contributed by atoms with Crippen LogP contribution in [-0.4, -0.2) is 21.7 Å². The van der Waals surface area contributed by atoms with Gasteiger partial charge in [-0.2, -0.15) is 5.10 Å². The van der Waals surface area contributed by atoms with Gasteiger partial charge in [0.2, 0.25) is 0 Å². The van der Waals surface area contributed by atoms with Crippen LogP contribution in [0.2, 0.25) is 5.02 Å². The van der Waals surface area contributed by atoms with Gasteiger partial charge < -0.3 is 4.74 Å². The van der Waals surface area contributed by atoms with Crippen LogP contribution in [0.4, 0.5) is 0 Å². The summed E-state index contributed by atoms with van der Waals surface area (Å²) in [6, 6.07) is 7.85. The molecule has 0 aliphatic heterocycles. The zero-order chi connectivity index (χ0) is 16.5. The minimum absolute atomic E-state index is 0.468. The van der Waals surface area contributed by atoms with Gasteiger partial charge >= 0.3 is 0 Å². The molecule has 0 amide bonds. The fourth-order valence-electron chi connectivity index (χ4n) is 3.52. The van der Waals surface area contributed by atoms with Crippen LogP contribution in [0, 0.1) is 0 Å². The molecular weight excluding hydrogens is 322 g/mol. The summed E-state index contributed by atoms with van der Waals surface area (Å²) < 4.78 is 7.42. The number of benzene rings is 1. The Morgan fingerprint density at radius 3 is 2.71 bits per heavy atom. The minimum atomic E-state index is 0.468. The van der Waals surface area contributed by atoms with Gasteiger partial charge in [0.1, 0.15) is 0 Å². The molecule has 0 bridgehead atoms. The normalized spacial score (nSPS) is 14.6. The topological polar surface area (TPSA) is 39.4 Å². The van der Waals surface area contributed by atoms with E-state index in [1.807, 2.05) is 35.0 Å². The fourth-order valence-corrected chi connectivity index (χ4v) is 3.65. The Balaban J connectivity index is 1.95. The summed E-state index contributed by atoms with van der Waals surface area (Å²) in [4.78, 5) is 4.75. The maximum Gasteiger partial charge on any atom is 0.163 e. The standard InChI is InChI=1S/C19H20ClN3O/c1-24-12-16-18(13-7-9-15(20)10-8-13)19-21-11-14-5-3-2-4-6-17(14)23(19)22-16/h7-11H,2-6,12H2,1H3. The van der Waals surface area contributed by atoms with Crippen molar-refractivity contribution in [1.29, 1.82) is 0 Å². The highest BCUT2D eigenvalue weighted by Gasteiger charge is 2.20. The first-order valence-corrected chi connectivity index (χ1v) is 8.79. The van der Waals surface area contributed by atoms with Crippen LogP contribution in [0.15, 0.2) is 30.5 Å². The van der Waals surface area contributed by atoms with E-state index in [1.165, 1.54) is 30.5 Å². The Morgan fingerprint density at radius 2 is 1.92 bits per heavy atom. The van der Waals surface area contributed by atoms with Crippen LogP contribution >= 0.6 is 11.6 Å². The second kappa shape index (κ2) is 6.54. The zero-order valence-electron chi connectivity index (χ0n) is 13.8. The number of fused-ring (bicyclic) bond motifs is 3. The van der Waals surface area contributed by atoms with Gasteiger partial charge in [-0.3, -0.25) is 0 Å². The number of hydrogen-bond donors (Lipinski definition) is 0. The van der Waals surface area contributed by atoms with Gasteiger partial charge in [0.05, 0.1) is 17.9 Å². The molecule has 3 aromatic rings. The van der Waals surface area contributed by atoms with Crippen LogP contribution in [0.25, 0.3) is 16.8 Å². The lowest BCUT2D eigenvalue weighted by Crippen LogP contribution is -2.04. The summed E-state index contributed by atoms with van der Waals surface area (Å²) >= 11 is 6.04. The van der Waals surface area contributed by atoms with Gasteiger partial charge in [-0.15, -0.1) is 0 Å². The maximum atomic E-state index is 6.04. The molecule has 0 fully saturated rings. The number of rotatable bonds is 3. The lowest BCUT2D eigenvalue weighted by atomic mass is 10.1. The first-order chi connectivity index (χ1) is 11.8. The predicted molar refractivity (Wildman–Crippen MR) is 95.4 cm³/mol. The lowest BCUT2D eigenvalue weighted by molar-refractivity contribution is 0.181. The van der Waals surface area contributed by atoms with E-state index in [0.29, 0.717) is 6.61 Å². The second-order valence-electron chi connectivity index (χ2n) is 6.29. The lowest BCUT2D eigenvalue weighted by Gasteiger charge is -2.08. The summed E-state index contributed by atoms with van der Waals surface area (Å²) in [6.07, 6.45) is 7.90. The third kappa shape index (κ3) is 2.70. The average molecular weight is 342 g/mol. The molecule has 0 saturated heterocycles. The van der Waals surface area contributed by atoms with Crippen molar-refractivity contribution in [2.45, 2.75) is 38.7 Å². The Kier molecular flexibility index (Phi) is 4.25. The van der Waals surface area contributed by atoms with Gasteiger partial charge in [-0.1, -0.05) is 30.2 Å². The van der Waals surface area contributed by atoms with Crippen LogP contribution < -0.4 is 0 Å². The molecule has 5 heteroatoms. The highest BCUT2D eigenvalue weighted by molar-refractivity contribution is 6.30. The van der Waals surface area contributed by atoms with Crippen molar-refractivity contribution in [2.75, 3.05) is 7.11 Å². The van der Waals surface area contributed by atoms with Crippen LogP contribution in [0.3, 0.4) is 0 Å². The van der Waals surface area contributed by atoms with Gasteiger partial charge in [0, 0.05) is 24.0 Å². The quantitative estimate of drug-likeness (QED) is 0.660. The fraction of sp³-hybridized carbons (Fsp3) is 0.368. The van der Waals surface area contributed by atoms with E-state index in [0.717, 1.165) is 40.3 Å². The highest BCUT2D eigenvalue weighted by Crippen LogP contribution is 2.31. The summed E-state index contributed by atoms with van der Waals surface area (Å²) in [7, 11) is 1.70. The summed E-state index contributed by atoms with van der Waals surface area (Å²) in [5, 5.41) is 5.58. The molecular formula is C19H20ClN3O. The first kappa shape index (κ1) is 15.6. The maximum absolute atomic E-state index is 6.04. The van der Waals surface area contributed by atoms with Crippen LogP contribution in [0.5, 0.6) is 0 Å².